The number of aromatic nitrogens is 1. The summed E-state index contributed by atoms with van der Waals surface area (Å²) in [5.41, 5.74) is 0.194. The van der Waals surface area contributed by atoms with Crippen LogP contribution in [0.1, 0.15) is 38.2 Å². The molecule has 0 spiro atoms. The number of ether oxygens (including phenoxy) is 1. The van der Waals surface area contributed by atoms with E-state index in [4.69, 9.17) is 9.88 Å². The molecule has 0 aliphatic rings. The summed E-state index contributed by atoms with van der Waals surface area (Å²) >= 11 is 0. The molecule has 2 N–H and O–H groups in total. The van der Waals surface area contributed by atoms with E-state index < -0.39 is 16.0 Å². The summed E-state index contributed by atoms with van der Waals surface area (Å²) in [6, 6.07) is 1.24. The maximum Gasteiger partial charge on any atom is 0.355 e. The van der Waals surface area contributed by atoms with Crippen molar-refractivity contribution in [1.29, 1.82) is 0 Å². The Morgan fingerprint density at radius 2 is 2.00 bits per heavy atom. The molecule has 1 aromatic heterocycles. The summed E-state index contributed by atoms with van der Waals surface area (Å²) in [5, 5.41) is 5.05. The third-order valence-electron chi connectivity index (χ3n) is 2.98. The Labute approximate surface area is 113 Å². The Morgan fingerprint density at radius 1 is 1.42 bits per heavy atom. The van der Waals surface area contributed by atoms with Crippen molar-refractivity contribution < 1.29 is 17.9 Å². The van der Waals surface area contributed by atoms with Gasteiger partial charge in [-0.15, -0.1) is 0 Å². The molecule has 7 heteroatoms. The fraction of sp³-hybridized carbons (Fsp3) is 0.583. The number of hydrogen-bond donors (Lipinski definition) is 1. The molecule has 0 saturated carbocycles. The highest BCUT2D eigenvalue weighted by Crippen LogP contribution is 2.16. The summed E-state index contributed by atoms with van der Waals surface area (Å²) < 4.78 is 29.3. The SMILES string of the molecule is CCn1cc(S(N)(=O)=O)cc1C(=O)OC(C)C(C)C. The molecule has 1 atom stereocenters. The molecule has 19 heavy (non-hydrogen) atoms. The molecule has 1 rings (SSSR count). The highest BCUT2D eigenvalue weighted by molar-refractivity contribution is 7.89. The molecule has 0 fully saturated rings. The molecule has 0 aliphatic heterocycles. The van der Waals surface area contributed by atoms with Crippen LogP contribution < -0.4 is 5.14 Å². The van der Waals surface area contributed by atoms with Crippen LogP contribution in [-0.4, -0.2) is 25.1 Å². The zero-order valence-corrected chi connectivity index (χ0v) is 12.4. The quantitative estimate of drug-likeness (QED) is 0.828. The number of carbonyl (C=O) groups is 1. The van der Waals surface area contributed by atoms with Crippen molar-refractivity contribution in [3.05, 3.63) is 18.0 Å². The predicted molar refractivity (Wildman–Crippen MR) is 71.2 cm³/mol. The van der Waals surface area contributed by atoms with Crippen LogP contribution >= 0.6 is 0 Å². The van der Waals surface area contributed by atoms with Crippen LogP contribution in [0.3, 0.4) is 0 Å². The number of nitrogens with zero attached hydrogens (tertiary/aromatic N) is 1. The molecule has 0 aromatic carbocycles. The largest absolute Gasteiger partial charge is 0.458 e. The number of sulfonamides is 1. The maximum absolute atomic E-state index is 12.0. The van der Waals surface area contributed by atoms with Gasteiger partial charge in [-0.2, -0.15) is 0 Å². The van der Waals surface area contributed by atoms with E-state index in [1.54, 1.807) is 13.8 Å². The van der Waals surface area contributed by atoms with Crippen molar-refractivity contribution in [3.8, 4) is 0 Å². The van der Waals surface area contributed by atoms with Crippen LogP contribution in [0.2, 0.25) is 0 Å². The van der Waals surface area contributed by atoms with Gasteiger partial charge in [0.1, 0.15) is 16.7 Å². The minimum absolute atomic E-state index is 0.0847. The fourth-order valence-electron chi connectivity index (χ4n) is 1.44. The van der Waals surface area contributed by atoms with Crippen LogP contribution in [0.25, 0.3) is 0 Å². The van der Waals surface area contributed by atoms with Crippen molar-refractivity contribution in [1.82, 2.24) is 4.57 Å². The van der Waals surface area contributed by atoms with Gasteiger partial charge in [-0.05, 0) is 25.8 Å². The summed E-state index contributed by atoms with van der Waals surface area (Å²) in [6.07, 6.45) is 1.09. The van der Waals surface area contributed by atoms with Gasteiger partial charge < -0.3 is 9.30 Å². The Morgan fingerprint density at radius 3 is 2.42 bits per heavy atom. The average molecular weight is 288 g/mol. The molecule has 0 aliphatic carbocycles. The average Bonchev–Trinajstić information content (AvgIpc) is 2.72. The van der Waals surface area contributed by atoms with E-state index in [1.165, 1.54) is 16.8 Å². The van der Waals surface area contributed by atoms with Gasteiger partial charge in [0, 0.05) is 12.7 Å². The highest BCUT2D eigenvalue weighted by Gasteiger charge is 2.21. The van der Waals surface area contributed by atoms with E-state index in [2.05, 4.69) is 0 Å². The number of primary sulfonamides is 1. The lowest BCUT2D eigenvalue weighted by atomic mass is 10.1. The molecule has 1 heterocycles. The van der Waals surface area contributed by atoms with Crippen LogP contribution in [0.15, 0.2) is 17.2 Å². The molecular weight excluding hydrogens is 268 g/mol. The lowest BCUT2D eigenvalue weighted by molar-refractivity contribution is 0.0226. The first kappa shape index (κ1) is 15.7. The topological polar surface area (TPSA) is 91.4 Å². The molecule has 0 bridgehead atoms. The minimum Gasteiger partial charge on any atom is -0.458 e. The van der Waals surface area contributed by atoms with Gasteiger partial charge >= 0.3 is 5.97 Å². The van der Waals surface area contributed by atoms with Gasteiger partial charge in [0.2, 0.25) is 10.0 Å². The van der Waals surface area contributed by atoms with Gasteiger partial charge in [0.15, 0.2) is 0 Å². The van der Waals surface area contributed by atoms with Crippen LogP contribution in [0, 0.1) is 5.92 Å². The lowest BCUT2D eigenvalue weighted by Crippen LogP contribution is -2.21. The molecule has 1 aromatic rings. The number of aryl methyl sites for hydroxylation is 1. The van der Waals surface area contributed by atoms with Crippen LogP contribution in [0.4, 0.5) is 0 Å². The Bertz CT molecular complexity index is 560. The van der Waals surface area contributed by atoms with Crippen molar-refractivity contribution >= 4 is 16.0 Å². The van der Waals surface area contributed by atoms with Gasteiger partial charge in [-0.1, -0.05) is 13.8 Å². The number of rotatable bonds is 5. The lowest BCUT2D eigenvalue weighted by Gasteiger charge is -2.16. The second kappa shape index (κ2) is 5.75. The zero-order chi connectivity index (χ0) is 14.8. The molecule has 6 nitrogen and oxygen atoms in total. The summed E-state index contributed by atoms with van der Waals surface area (Å²) in [6.45, 7) is 7.92. The van der Waals surface area contributed by atoms with E-state index in [-0.39, 0.29) is 22.6 Å². The number of carbonyl (C=O) groups excluding carboxylic acids is 1. The van der Waals surface area contributed by atoms with Gasteiger partial charge in [0.25, 0.3) is 0 Å². The first-order valence-electron chi connectivity index (χ1n) is 6.10. The fourth-order valence-corrected chi connectivity index (χ4v) is 1.99. The van der Waals surface area contributed by atoms with E-state index in [9.17, 15) is 13.2 Å². The molecule has 108 valence electrons. The van der Waals surface area contributed by atoms with Crippen molar-refractivity contribution in [3.63, 3.8) is 0 Å². The summed E-state index contributed by atoms with van der Waals surface area (Å²) in [5.74, 6) is -0.357. The normalized spacial score (nSPS) is 13.6. The number of hydrogen-bond acceptors (Lipinski definition) is 4. The van der Waals surface area contributed by atoms with Gasteiger partial charge in [-0.3, -0.25) is 0 Å². The number of nitrogens with two attached hydrogens (primary N) is 1. The van der Waals surface area contributed by atoms with E-state index in [0.717, 1.165) is 0 Å². The third kappa shape index (κ3) is 3.81. The van der Waals surface area contributed by atoms with Crippen LogP contribution in [-0.2, 0) is 21.3 Å². The second-order valence-electron chi connectivity index (χ2n) is 4.75. The molecule has 0 saturated heterocycles. The zero-order valence-electron chi connectivity index (χ0n) is 11.6. The smallest absolute Gasteiger partial charge is 0.355 e. The maximum atomic E-state index is 12.0. The van der Waals surface area contributed by atoms with Gasteiger partial charge in [-0.25, -0.2) is 18.4 Å². The Balaban J connectivity index is 3.06. The second-order valence-corrected chi connectivity index (χ2v) is 6.31. The summed E-state index contributed by atoms with van der Waals surface area (Å²) in [7, 11) is -3.82. The van der Waals surface area contributed by atoms with Crippen LogP contribution in [0.5, 0.6) is 0 Å². The summed E-state index contributed by atoms with van der Waals surface area (Å²) in [4.78, 5) is 11.9. The monoisotopic (exact) mass is 288 g/mol. The van der Waals surface area contributed by atoms with E-state index >= 15 is 0 Å². The van der Waals surface area contributed by atoms with Crippen molar-refractivity contribution in [2.75, 3.05) is 0 Å². The molecular formula is C12H20N2O4S. The number of esters is 1. The Kier molecular flexibility index (Phi) is 4.75. The standard InChI is InChI=1S/C12H20N2O4S/c1-5-14-7-10(19(13,16)17)6-11(14)12(15)18-9(4)8(2)3/h6-9H,5H2,1-4H3,(H2,13,16,17). The molecule has 0 radical (unpaired) electrons. The van der Waals surface area contributed by atoms with E-state index in [0.29, 0.717) is 6.54 Å². The molecule has 1 unspecified atom stereocenters. The van der Waals surface area contributed by atoms with Gasteiger partial charge in [0.05, 0.1) is 0 Å². The Hall–Kier alpha value is -1.34. The predicted octanol–water partition coefficient (Wildman–Crippen LogP) is 1.36. The van der Waals surface area contributed by atoms with Crippen molar-refractivity contribution in [2.24, 2.45) is 11.1 Å². The highest BCUT2D eigenvalue weighted by atomic mass is 32.2. The minimum atomic E-state index is -3.82. The first-order chi connectivity index (χ1) is 8.66. The van der Waals surface area contributed by atoms with E-state index in [1.807, 2.05) is 13.8 Å². The molecule has 0 amide bonds. The van der Waals surface area contributed by atoms with Crippen molar-refractivity contribution in [2.45, 2.75) is 45.2 Å². The third-order valence-corrected chi connectivity index (χ3v) is 3.86. The first-order valence-corrected chi connectivity index (χ1v) is 7.65.